The molecule has 1 aliphatic rings. The van der Waals surface area contributed by atoms with Crippen LogP contribution in [0.4, 0.5) is 5.82 Å². The van der Waals surface area contributed by atoms with E-state index in [-0.39, 0.29) is 5.54 Å². The molecule has 2 aromatic rings. The molecule has 0 bridgehead atoms. The Morgan fingerprint density at radius 2 is 1.95 bits per heavy atom. The van der Waals surface area contributed by atoms with Crippen LogP contribution in [0.3, 0.4) is 0 Å². The van der Waals surface area contributed by atoms with E-state index in [1.165, 1.54) is 23.2 Å². The van der Waals surface area contributed by atoms with Gasteiger partial charge in [0.15, 0.2) is 0 Å². The van der Waals surface area contributed by atoms with Gasteiger partial charge in [0.2, 0.25) is 0 Å². The van der Waals surface area contributed by atoms with Crippen LogP contribution in [0.1, 0.15) is 30.2 Å². The van der Waals surface area contributed by atoms with Crippen LogP contribution in [0.25, 0.3) is 0 Å². The number of anilines is 1. The van der Waals surface area contributed by atoms with Crippen molar-refractivity contribution < 1.29 is 0 Å². The molecule has 1 aromatic carbocycles. The Hall–Kier alpha value is -1.54. The molecule has 1 aromatic heterocycles. The molecule has 0 radical (unpaired) electrons. The molecule has 2 nitrogen and oxygen atoms in total. The third-order valence-electron chi connectivity index (χ3n) is 4.01. The smallest absolute Gasteiger partial charge is 0.126 e. The van der Waals surface area contributed by atoms with Crippen LogP contribution in [-0.4, -0.2) is 10.9 Å². The maximum Gasteiger partial charge on any atom is 0.126 e. The standard InChI is InChI=1S/C17H19ClN2/c1-17(12-18,14-7-3-2-4-8-14)20-16-11-10-13-6-5-9-15(13)19-16/h2-4,7-8,10-11H,5-6,9,12H2,1H3,(H,19,20). The second-order valence-corrected chi connectivity index (χ2v) is 5.88. The number of nitrogens with one attached hydrogen (secondary N) is 1. The van der Waals surface area contributed by atoms with E-state index in [0.29, 0.717) is 5.88 Å². The first kappa shape index (κ1) is 13.4. The van der Waals surface area contributed by atoms with Crippen molar-refractivity contribution in [1.82, 2.24) is 4.98 Å². The van der Waals surface area contributed by atoms with Gasteiger partial charge in [-0.05, 0) is 43.4 Å². The summed E-state index contributed by atoms with van der Waals surface area (Å²) >= 11 is 6.22. The number of pyridine rings is 1. The molecule has 104 valence electrons. The molecule has 1 N–H and O–H groups in total. The van der Waals surface area contributed by atoms with E-state index in [1.807, 2.05) is 18.2 Å². The number of aryl methyl sites for hydroxylation is 2. The van der Waals surface area contributed by atoms with E-state index in [2.05, 4.69) is 36.5 Å². The summed E-state index contributed by atoms with van der Waals surface area (Å²) < 4.78 is 0. The number of rotatable bonds is 4. The number of hydrogen-bond acceptors (Lipinski definition) is 2. The van der Waals surface area contributed by atoms with Crippen molar-refractivity contribution in [2.24, 2.45) is 0 Å². The number of aromatic nitrogens is 1. The maximum atomic E-state index is 6.22. The Labute approximate surface area is 125 Å². The van der Waals surface area contributed by atoms with Crippen LogP contribution in [0.15, 0.2) is 42.5 Å². The number of nitrogens with zero attached hydrogens (tertiary/aromatic N) is 1. The predicted octanol–water partition coefficient (Wildman–Crippen LogP) is 4.14. The molecule has 3 heteroatoms. The highest BCUT2D eigenvalue weighted by Gasteiger charge is 2.26. The Bertz CT molecular complexity index is 597. The van der Waals surface area contributed by atoms with Crippen molar-refractivity contribution in [3.05, 3.63) is 59.3 Å². The van der Waals surface area contributed by atoms with Gasteiger partial charge in [0, 0.05) is 11.6 Å². The second-order valence-electron chi connectivity index (χ2n) is 5.61. The summed E-state index contributed by atoms with van der Waals surface area (Å²) in [5.74, 6) is 1.41. The Kier molecular flexibility index (Phi) is 3.66. The molecular weight excluding hydrogens is 268 g/mol. The van der Waals surface area contributed by atoms with E-state index >= 15 is 0 Å². The van der Waals surface area contributed by atoms with E-state index < -0.39 is 0 Å². The summed E-state index contributed by atoms with van der Waals surface area (Å²) in [6.07, 6.45) is 3.47. The minimum absolute atomic E-state index is 0.303. The van der Waals surface area contributed by atoms with Gasteiger partial charge in [0.05, 0.1) is 5.54 Å². The number of alkyl halides is 1. The van der Waals surface area contributed by atoms with Crippen LogP contribution in [-0.2, 0) is 18.4 Å². The largest absolute Gasteiger partial charge is 0.360 e. The van der Waals surface area contributed by atoms with Gasteiger partial charge >= 0.3 is 0 Å². The van der Waals surface area contributed by atoms with Crippen LogP contribution in [0, 0.1) is 0 Å². The molecule has 1 unspecified atom stereocenters. The fourth-order valence-electron chi connectivity index (χ4n) is 2.76. The third-order valence-corrected chi connectivity index (χ3v) is 4.54. The highest BCUT2D eigenvalue weighted by molar-refractivity contribution is 6.18. The molecule has 0 saturated heterocycles. The number of fused-ring (bicyclic) bond motifs is 1. The lowest BCUT2D eigenvalue weighted by atomic mass is 9.94. The summed E-state index contributed by atoms with van der Waals surface area (Å²) in [5.41, 5.74) is 3.50. The average molecular weight is 287 g/mol. The molecule has 0 aliphatic heterocycles. The molecule has 1 atom stereocenters. The van der Waals surface area contributed by atoms with Gasteiger partial charge in [-0.3, -0.25) is 0 Å². The number of halogens is 1. The molecule has 0 spiro atoms. The Morgan fingerprint density at radius 3 is 2.70 bits per heavy atom. The normalized spacial score (nSPS) is 16.5. The first-order valence-electron chi connectivity index (χ1n) is 7.10. The molecular formula is C17H19ClN2. The summed E-state index contributed by atoms with van der Waals surface area (Å²) in [7, 11) is 0. The average Bonchev–Trinajstić information content (AvgIpc) is 2.95. The monoisotopic (exact) mass is 286 g/mol. The fourth-order valence-corrected chi connectivity index (χ4v) is 2.98. The summed E-state index contributed by atoms with van der Waals surface area (Å²) in [4.78, 5) is 4.74. The summed E-state index contributed by atoms with van der Waals surface area (Å²) in [6, 6.07) is 14.6. The Morgan fingerprint density at radius 1 is 1.15 bits per heavy atom. The molecule has 0 amide bonds. The van der Waals surface area contributed by atoms with Gasteiger partial charge in [-0.15, -0.1) is 11.6 Å². The molecule has 1 heterocycles. The van der Waals surface area contributed by atoms with Gasteiger partial charge < -0.3 is 5.32 Å². The van der Waals surface area contributed by atoms with Gasteiger partial charge in [0.25, 0.3) is 0 Å². The van der Waals surface area contributed by atoms with Crippen molar-refractivity contribution in [3.8, 4) is 0 Å². The number of hydrogen-bond donors (Lipinski definition) is 1. The first-order chi connectivity index (χ1) is 9.71. The molecule has 1 aliphatic carbocycles. The van der Waals surface area contributed by atoms with Gasteiger partial charge in [-0.1, -0.05) is 36.4 Å². The quantitative estimate of drug-likeness (QED) is 0.855. The van der Waals surface area contributed by atoms with Crippen molar-refractivity contribution in [3.63, 3.8) is 0 Å². The van der Waals surface area contributed by atoms with Crippen LogP contribution in [0.2, 0.25) is 0 Å². The molecule has 3 rings (SSSR count). The zero-order valence-corrected chi connectivity index (χ0v) is 12.5. The lowest BCUT2D eigenvalue weighted by molar-refractivity contribution is 0.613. The van der Waals surface area contributed by atoms with E-state index in [4.69, 9.17) is 16.6 Å². The van der Waals surface area contributed by atoms with Crippen LogP contribution < -0.4 is 5.32 Å². The zero-order valence-electron chi connectivity index (χ0n) is 11.7. The van der Waals surface area contributed by atoms with Gasteiger partial charge in [-0.25, -0.2) is 4.98 Å². The van der Waals surface area contributed by atoms with Gasteiger partial charge in [0.1, 0.15) is 5.82 Å². The van der Waals surface area contributed by atoms with Crippen molar-refractivity contribution in [2.45, 2.75) is 31.7 Å². The van der Waals surface area contributed by atoms with Gasteiger partial charge in [-0.2, -0.15) is 0 Å². The minimum Gasteiger partial charge on any atom is -0.360 e. The van der Waals surface area contributed by atoms with Crippen molar-refractivity contribution in [2.75, 3.05) is 11.2 Å². The molecule has 0 fully saturated rings. The topological polar surface area (TPSA) is 24.9 Å². The van der Waals surface area contributed by atoms with E-state index in [9.17, 15) is 0 Å². The van der Waals surface area contributed by atoms with Crippen LogP contribution >= 0.6 is 11.6 Å². The number of benzene rings is 1. The van der Waals surface area contributed by atoms with E-state index in [1.54, 1.807) is 0 Å². The first-order valence-corrected chi connectivity index (χ1v) is 7.63. The second kappa shape index (κ2) is 5.45. The lowest BCUT2D eigenvalue weighted by Gasteiger charge is -2.30. The van der Waals surface area contributed by atoms with E-state index in [0.717, 1.165) is 18.7 Å². The van der Waals surface area contributed by atoms with Crippen molar-refractivity contribution in [1.29, 1.82) is 0 Å². The third kappa shape index (κ3) is 2.53. The Balaban J connectivity index is 1.88. The highest BCUT2D eigenvalue weighted by atomic mass is 35.5. The summed E-state index contributed by atoms with van der Waals surface area (Å²) in [5, 5.41) is 3.51. The minimum atomic E-state index is -0.303. The molecule has 20 heavy (non-hydrogen) atoms. The fraction of sp³-hybridized carbons (Fsp3) is 0.353. The summed E-state index contributed by atoms with van der Waals surface area (Å²) in [6.45, 7) is 2.12. The highest BCUT2D eigenvalue weighted by Crippen LogP contribution is 2.28. The SMILES string of the molecule is CC(CCl)(Nc1ccc2c(n1)CCC2)c1ccccc1. The zero-order chi connectivity index (χ0) is 14.0. The van der Waals surface area contributed by atoms with Crippen molar-refractivity contribution >= 4 is 17.4 Å². The predicted molar refractivity (Wildman–Crippen MR) is 84.4 cm³/mol. The van der Waals surface area contributed by atoms with Crippen LogP contribution in [0.5, 0.6) is 0 Å². The maximum absolute atomic E-state index is 6.22. The molecule has 0 saturated carbocycles. The lowest BCUT2D eigenvalue weighted by Crippen LogP contribution is -2.34.